The number of likely N-dealkylation sites (N-methyl/N-ethyl adjacent to an activating group) is 1. The zero-order valence-corrected chi connectivity index (χ0v) is 12.2. The fourth-order valence-corrected chi connectivity index (χ4v) is 2.26. The van der Waals surface area contributed by atoms with E-state index in [0.717, 1.165) is 6.42 Å². The molecule has 1 aliphatic rings. The molecule has 0 unspecified atom stereocenters. The average molecular weight is 272 g/mol. The molecular formula is C13H24N2O4. The maximum absolute atomic E-state index is 12.1. The van der Waals surface area contributed by atoms with Crippen LogP contribution in [0, 0.1) is 0 Å². The highest BCUT2D eigenvalue weighted by Gasteiger charge is 2.32. The summed E-state index contributed by atoms with van der Waals surface area (Å²) in [6.45, 7) is 9.32. The van der Waals surface area contributed by atoms with Crippen molar-refractivity contribution in [3.05, 3.63) is 0 Å². The van der Waals surface area contributed by atoms with Crippen molar-refractivity contribution in [2.45, 2.75) is 45.8 Å². The van der Waals surface area contributed by atoms with Gasteiger partial charge >= 0.3 is 12.1 Å². The SMILES string of the molecule is CCN(C(=O)OC(C)(C)C)[C@H]1CCN(CC(=O)O)C1. The lowest BCUT2D eigenvalue weighted by molar-refractivity contribution is -0.138. The van der Waals surface area contributed by atoms with Crippen molar-refractivity contribution in [1.29, 1.82) is 0 Å². The van der Waals surface area contributed by atoms with E-state index in [1.54, 1.807) is 4.90 Å². The quantitative estimate of drug-likeness (QED) is 0.837. The highest BCUT2D eigenvalue weighted by Crippen LogP contribution is 2.18. The Morgan fingerprint density at radius 2 is 2.05 bits per heavy atom. The van der Waals surface area contributed by atoms with Gasteiger partial charge in [-0.1, -0.05) is 0 Å². The van der Waals surface area contributed by atoms with Crippen LogP contribution in [0.4, 0.5) is 4.79 Å². The standard InChI is InChI=1S/C13H24N2O4/c1-5-15(12(18)19-13(2,3)4)10-6-7-14(8-10)9-11(16)17/h10H,5-9H2,1-4H3,(H,16,17)/t10-/m0/s1. The van der Waals surface area contributed by atoms with Gasteiger partial charge in [0.2, 0.25) is 0 Å². The molecule has 0 aromatic carbocycles. The molecule has 0 bridgehead atoms. The summed E-state index contributed by atoms with van der Waals surface area (Å²) in [5, 5.41) is 8.77. The molecule has 1 atom stereocenters. The molecule has 6 heteroatoms. The molecule has 1 amide bonds. The molecule has 0 aromatic rings. The summed E-state index contributed by atoms with van der Waals surface area (Å²) >= 11 is 0. The van der Waals surface area contributed by atoms with Crippen molar-refractivity contribution < 1.29 is 19.4 Å². The normalized spacial score (nSPS) is 20.3. The van der Waals surface area contributed by atoms with Crippen LogP contribution in [0.2, 0.25) is 0 Å². The number of hydrogen-bond donors (Lipinski definition) is 1. The third-order valence-electron chi connectivity index (χ3n) is 3.02. The van der Waals surface area contributed by atoms with E-state index in [1.165, 1.54) is 0 Å². The van der Waals surface area contributed by atoms with E-state index >= 15 is 0 Å². The van der Waals surface area contributed by atoms with Crippen LogP contribution < -0.4 is 0 Å². The molecule has 0 aliphatic carbocycles. The predicted molar refractivity (Wildman–Crippen MR) is 71.1 cm³/mol. The number of ether oxygens (including phenoxy) is 1. The monoisotopic (exact) mass is 272 g/mol. The lowest BCUT2D eigenvalue weighted by Crippen LogP contribution is -2.44. The van der Waals surface area contributed by atoms with Crippen molar-refractivity contribution in [2.75, 3.05) is 26.2 Å². The van der Waals surface area contributed by atoms with E-state index < -0.39 is 11.6 Å². The molecule has 0 saturated carbocycles. The molecule has 0 radical (unpaired) electrons. The van der Waals surface area contributed by atoms with E-state index in [4.69, 9.17) is 9.84 Å². The summed E-state index contributed by atoms with van der Waals surface area (Å²) in [6.07, 6.45) is 0.470. The Kier molecular flexibility index (Phi) is 5.17. The van der Waals surface area contributed by atoms with Gasteiger partial charge in [0, 0.05) is 25.7 Å². The molecule has 1 saturated heterocycles. The van der Waals surface area contributed by atoms with E-state index in [0.29, 0.717) is 19.6 Å². The first-order chi connectivity index (χ1) is 8.73. The van der Waals surface area contributed by atoms with Crippen molar-refractivity contribution in [3.63, 3.8) is 0 Å². The zero-order valence-electron chi connectivity index (χ0n) is 12.2. The minimum Gasteiger partial charge on any atom is -0.480 e. The minimum atomic E-state index is -0.832. The number of nitrogens with zero attached hydrogens (tertiary/aromatic N) is 2. The number of likely N-dealkylation sites (tertiary alicyclic amines) is 1. The number of carboxylic acid groups (broad SMARTS) is 1. The first-order valence-electron chi connectivity index (χ1n) is 6.66. The molecular weight excluding hydrogens is 248 g/mol. The summed E-state index contributed by atoms with van der Waals surface area (Å²) in [7, 11) is 0. The van der Waals surface area contributed by atoms with Gasteiger partial charge in [-0.05, 0) is 34.1 Å². The highest BCUT2D eigenvalue weighted by atomic mass is 16.6. The van der Waals surface area contributed by atoms with Crippen LogP contribution in [0.15, 0.2) is 0 Å². The number of hydrogen-bond acceptors (Lipinski definition) is 4. The highest BCUT2D eigenvalue weighted by molar-refractivity contribution is 5.69. The van der Waals surface area contributed by atoms with Gasteiger partial charge in [-0.2, -0.15) is 0 Å². The topological polar surface area (TPSA) is 70.1 Å². The number of rotatable bonds is 4. The number of aliphatic carboxylic acids is 1. The second-order valence-corrected chi connectivity index (χ2v) is 5.84. The minimum absolute atomic E-state index is 0.0301. The summed E-state index contributed by atoms with van der Waals surface area (Å²) in [4.78, 5) is 26.3. The van der Waals surface area contributed by atoms with Crippen molar-refractivity contribution in [1.82, 2.24) is 9.80 Å². The number of carbonyl (C=O) groups excluding carboxylic acids is 1. The molecule has 0 aromatic heterocycles. The number of carboxylic acids is 1. The van der Waals surface area contributed by atoms with Crippen LogP contribution in [-0.4, -0.2) is 64.8 Å². The largest absolute Gasteiger partial charge is 0.480 e. The maximum atomic E-state index is 12.1. The Hall–Kier alpha value is -1.30. The Labute approximate surface area is 114 Å². The van der Waals surface area contributed by atoms with E-state index in [1.807, 2.05) is 32.6 Å². The van der Waals surface area contributed by atoms with E-state index in [-0.39, 0.29) is 18.7 Å². The predicted octanol–water partition coefficient (Wildman–Crippen LogP) is 1.40. The van der Waals surface area contributed by atoms with Crippen LogP contribution >= 0.6 is 0 Å². The Balaban J connectivity index is 2.57. The second kappa shape index (κ2) is 6.23. The molecule has 1 fully saturated rings. The molecule has 1 rings (SSSR count). The summed E-state index contributed by atoms with van der Waals surface area (Å²) in [5.74, 6) is -0.832. The fourth-order valence-electron chi connectivity index (χ4n) is 2.26. The van der Waals surface area contributed by atoms with Crippen molar-refractivity contribution >= 4 is 12.1 Å². The average Bonchev–Trinajstić information content (AvgIpc) is 2.63. The van der Waals surface area contributed by atoms with E-state index in [2.05, 4.69) is 0 Å². The van der Waals surface area contributed by atoms with Gasteiger partial charge in [-0.15, -0.1) is 0 Å². The smallest absolute Gasteiger partial charge is 0.410 e. The van der Waals surface area contributed by atoms with E-state index in [9.17, 15) is 9.59 Å². The zero-order chi connectivity index (χ0) is 14.6. The van der Waals surface area contributed by atoms with Crippen LogP contribution in [0.25, 0.3) is 0 Å². The molecule has 6 nitrogen and oxygen atoms in total. The lowest BCUT2D eigenvalue weighted by atomic mass is 10.2. The molecule has 1 N–H and O–H groups in total. The summed E-state index contributed by atoms with van der Waals surface area (Å²) in [6, 6.07) is 0.0409. The van der Waals surface area contributed by atoms with Gasteiger partial charge in [-0.3, -0.25) is 9.69 Å². The first kappa shape index (κ1) is 15.8. The van der Waals surface area contributed by atoms with Gasteiger partial charge in [0.1, 0.15) is 5.60 Å². The third kappa shape index (κ3) is 5.06. The molecule has 1 aliphatic heterocycles. The molecule has 110 valence electrons. The first-order valence-corrected chi connectivity index (χ1v) is 6.66. The number of carbonyl (C=O) groups is 2. The van der Waals surface area contributed by atoms with Crippen LogP contribution in [0.3, 0.4) is 0 Å². The summed E-state index contributed by atoms with van der Waals surface area (Å²) < 4.78 is 5.37. The molecule has 19 heavy (non-hydrogen) atoms. The summed E-state index contributed by atoms with van der Waals surface area (Å²) in [5.41, 5.74) is -0.510. The Bertz CT molecular complexity index is 338. The van der Waals surface area contributed by atoms with Crippen LogP contribution in [-0.2, 0) is 9.53 Å². The molecule has 0 spiro atoms. The van der Waals surface area contributed by atoms with Gasteiger partial charge in [-0.25, -0.2) is 4.79 Å². The van der Waals surface area contributed by atoms with Crippen LogP contribution in [0.1, 0.15) is 34.1 Å². The second-order valence-electron chi connectivity index (χ2n) is 5.84. The van der Waals surface area contributed by atoms with Gasteiger partial charge in [0.25, 0.3) is 0 Å². The Morgan fingerprint density at radius 1 is 1.42 bits per heavy atom. The number of amides is 1. The third-order valence-corrected chi connectivity index (χ3v) is 3.02. The molecule has 1 heterocycles. The van der Waals surface area contributed by atoms with Gasteiger partial charge in [0.05, 0.1) is 6.54 Å². The van der Waals surface area contributed by atoms with Crippen molar-refractivity contribution in [2.24, 2.45) is 0 Å². The Morgan fingerprint density at radius 3 is 2.53 bits per heavy atom. The van der Waals surface area contributed by atoms with Crippen molar-refractivity contribution in [3.8, 4) is 0 Å². The lowest BCUT2D eigenvalue weighted by Gasteiger charge is -2.30. The maximum Gasteiger partial charge on any atom is 0.410 e. The fraction of sp³-hybridized carbons (Fsp3) is 0.846. The van der Waals surface area contributed by atoms with Gasteiger partial charge in [0.15, 0.2) is 0 Å². The van der Waals surface area contributed by atoms with Gasteiger partial charge < -0.3 is 14.7 Å². The van der Waals surface area contributed by atoms with Crippen LogP contribution in [0.5, 0.6) is 0 Å².